The van der Waals surface area contributed by atoms with Crippen LogP contribution in [0.3, 0.4) is 0 Å². The molecule has 0 heterocycles. The molecular weight excluding hydrogens is 251 g/mol. The molecule has 18 heavy (non-hydrogen) atoms. The van der Waals surface area contributed by atoms with E-state index in [0.717, 1.165) is 0 Å². The van der Waals surface area contributed by atoms with Crippen molar-refractivity contribution in [1.82, 2.24) is 5.48 Å². The van der Waals surface area contributed by atoms with Gasteiger partial charge in [-0.1, -0.05) is 0 Å². The molecule has 1 aromatic rings. The van der Waals surface area contributed by atoms with E-state index in [1.54, 1.807) is 18.2 Å². The van der Waals surface area contributed by atoms with Crippen molar-refractivity contribution in [2.24, 2.45) is 0 Å². The largest absolute Gasteiger partial charge is 0.497 e. The van der Waals surface area contributed by atoms with E-state index in [9.17, 15) is 13.2 Å². The van der Waals surface area contributed by atoms with Crippen LogP contribution in [0.15, 0.2) is 18.2 Å². The standard InChI is InChI=1S/C11H14F3NO3/c1-16-9-3-8(4-10(5-9)17-2)6-15-18-7-11(12,13)14/h3-5,15H,6-7H2,1-2H3. The molecule has 0 unspecified atom stereocenters. The molecule has 0 bridgehead atoms. The summed E-state index contributed by atoms with van der Waals surface area (Å²) >= 11 is 0. The highest BCUT2D eigenvalue weighted by molar-refractivity contribution is 5.38. The van der Waals surface area contributed by atoms with Gasteiger partial charge in [0.25, 0.3) is 0 Å². The molecule has 1 rings (SSSR count). The average molecular weight is 265 g/mol. The van der Waals surface area contributed by atoms with Crippen LogP contribution in [-0.4, -0.2) is 27.0 Å². The van der Waals surface area contributed by atoms with Crippen LogP contribution in [0.1, 0.15) is 5.56 Å². The quantitative estimate of drug-likeness (QED) is 0.632. The first-order valence-corrected chi connectivity index (χ1v) is 5.08. The average Bonchev–Trinajstić information content (AvgIpc) is 2.33. The molecule has 0 spiro atoms. The second kappa shape index (κ2) is 6.46. The Morgan fingerprint density at radius 2 is 1.61 bits per heavy atom. The lowest BCUT2D eigenvalue weighted by Gasteiger charge is -2.10. The number of methoxy groups -OCH3 is 2. The Kier molecular flexibility index (Phi) is 5.24. The lowest BCUT2D eigenvalue weighted by Crippen LogP contribution is -2.24. The summed E-state index contributed by atoms with van der Waals surface area (Å²) in [4.78, 5) is 4.29. The second-order valence-electron chi connectivity index (χ2n) is 3.45. The fraction of sp³-hybridized carbons (Fsp3) is 0.455. The van der Waals surface area contributed by atoms with Crippen molar-refractivity contribution in [1.29, 1.82) is 0 Å². The molecule has 0 saturated carbocycles. The number of benzene rings is 1. The summed E-state index contributed by atoms with van der Waals surface area (Å²) in [6, 6.07) is 5.01. The topological polar surface area (TPSA) is 39.7 Å². The summed E-state index contributed by atoms with van der Waals surface area (Å²) in [6.45, 7) is -1.22. The predicted molar refractivity (Wildman–Crippen MR) is 58.4 cm³/mol. The zero-order chi connectivity index (χ0) is 13.6. The van der Waals surface area contributed by atoms with Gasteiger partial charge < -0.3 is 9.47 Å². The summed E-state index contributed by atoms with van der Waals surface area (Å²) in [7, 11) is 2.98. The molecule has 0 amide bonds. The van der Waals surface area contributed by atoms with E-state index in [2.05, 4.69) is 10.3 Å². The number of halogens is 3. The number of alkyl halides is 3. The first-order valence-electron chi connectivity index (χ1n) is 5.08. The number of hydrogen-bond acceptors (Lipinski definition) is 4. The molecule has 1 N–H and O–H groups in total. The number of nitrogens with one attached hydrogen (secondary N) is 1. The molecule has 0 atom stereocenters. The lowest BCUT2D eigenvalue weighted by molar-refractivity contribution is -0.190. The van der Waals surface area contributed by atoms with Gasteiger partial charge in [0, 0.05) is 12.6 Å². The third kappa shape index (κ3) is 5.24. The Hall–Kier alpha value is -1.47. The van der Waals surface area contributed by atoms with Gasteiger partial charge in [0.05, 0.1) is 14.2 Å². The molecule has 102 valence electrons. The van der Waals surface area contributed by atoms with Crippen molar-refractivity contribution in [2.75, 3.05) is 20.8 Å². The molecule has 0 saturated heterocycles. The fourth-order valence-electron chi connectivity index (χ4n) is 1.24. The van der Waals surface area contributed by atoms with Crippen LogP contribution >= 0.6 is 0 Å². The van der Waals surface area contributed by atoms with Crippen LogP contribution in [-0.2, 0) is 11.4 Å². The highest BCUT2D eigenvalue weighted by Crippen LogP contribution is 2.22. The third-order valence-corrected chi connectivity index (χ3v) is 2.03. The fourth-order valence-corrected chi connectivity index (χ4v) is 1.24. The monoisotopic (exact) mass is 265 g/mol. The number of hydrogen-bond donors (Lipinski definition) is 1. The minimum absolute atomic E-state index is 0.115. The van der Waals surface area contributed by atoms with Gasteiger partial charge >= 0.3 is 6.18 Å². The van der Waals surface area contributed by atoms with Crippen LogP contribution < -0.4 is 15.0 Å². The van der Waals surface area contributed by atoms with E-state index in [1.165, 1.54) is 14.2 Å². The summed E-state index contributed by atoms with van der Waals surface area (Å²) in [6.07, 6.45) is -4.35. The predicted octanol–water partition coefficient (Wildman–Crippen LogP) is 2.29. The molecule has 0 aliphatic rings. The van der Waals surface area contributed by atoms with Crippen molar-refractivity contribution in [3.63, 3.8) is 0 Å². The van der Waals surface area contributed by atoms with Crippen LogP contribution in [0.5, 0.6) is 11.5 Å². The highest BCUT2D eigenvalue weighted by atomic mass is 19.4. The Bertz CT molecular complexity index is 360. The molecule has 1 aromatic carbocycles. The van der Waals surface area contributed by atoms with E-state index >= 15 is 0 Å². The van der Waals surface area contributed by atoms with Crippen molar-refractivity contribution >= 4 is 0 Å². The van der Waals surface area contributed by atoms with E-state index in [-0.39, 0.29) is 6.54 Å². The molecule has 0 aliphatic heterocycles. The Morgan fingerprint density at radius 3 is 2.06 bits per heavy atom. The number of hydroxylamine groups is 1. The van der Waals surface area contributed by atoms with Crippen LogP contribution in [0.2, 0.25) is 0 Å². The molecule has 0 radical (unpaired) electrons. The molecule has 0 aromatic heterocycles. The van der Waals surface area contributed by atoms with Crippen LogP contribution in [0, 0.1) is 0 Å². The van der Waals surface area contributed by atoms with Gasteiger partial charge in [0.15, 0.2) is 6.61 Å². The molecule has 4 nitrogen and oxygen atoms in total. The van der Waals surface area contributed by atoms with E-state index in [0.29, 0.717) is 17.1 Å². The molecule has 0 aliphatic carbocycles. The summed E-state index contributed by atoms with van der Waals surface area (Å²) in [5, 5.41) is 0. The van der Waals surface area contributed by atoms with E-state index in [4.69, 9.17) is 9.47 Å². The van der Waals surface area contributed by atoms with Gasteiger partial charge in [0.2, 0.25) is 0 Å². The van der Waals surface area contributed by atoms with Crippen LogP contribution in [0.25, 0.3) is 0 Å². The molecule has 0 fully saturated rings. The van der Waals surface area contributed by atoms with E-state index < -0.39 is 12.8 Å². The van der Waals surface area contributed by atoms with Crippen molar-refractivity contribution < 1.29 is 27.5 Å². The maximum Gasteiger partial charge on any atom is 0.413 e. The lowest BCUT2D eigenvalue weighted by atomic mass is 10.2. The first kappa shape index (κ1) is 14.6. The summed E-state index contributed by atoms with van der Waals surface area (Å²) < 4.78 is 45.5. The molecule has 7 heteroatoms. The van der Waals surface area contributed by atoms with Crippen LogP contribution in [0.4, 0.5) is 13.2 Å². The Morgan fingerprint density at radius 1 is 1.06 bits per heavy atom. The zero-order valence-electron chi connectivity index (χ0n) is 10.0. The van der Waals surface area contributed by atoms with Crippen molar-refractivity contribution in [3.05, 3.63) is 23.8 Å². The molecular formula is C11H14F3NO3. The normalized spacial score (nSPS) is 11.4. The Balaban J connectivity index is 2.51. The van der Waals surface area contributed by atoms with Crippen molar-refractivity contribution in [3.8, 4) is 11.5 Å². The minimum atomic E-state index is -4.35. The van der Waals surface area contributed by atoms with Gasteiger partial charge in [-0.2, -0.15) is 18.7 Å². The van der Waals surface area contributed by atoms with Gasteiger partial charge in [-0.25, -0.2) is 0 Å². The first-order chi connectivity index (χ1) is 8.44. The maximum atomic E-state index is 11.8. The van der Waals surface area contributed by atoms with Gasteiger partial charge in [0.1, 0.15) is 11.5 Å². The third-order valence-electron chi connectivity index (χ3n) is 2.03. The van der Waals surface area contributed by atoms with E-state index in [1.807, 2.05) is 0 Å². The summed E-state index contributed by atoms with van der Waals surface area (Å²) in [5.41, 5.74) is 2.92. The number of ether oxygens (including phenoxy) is 2. The van der Waals surface area contributed by atoms with Crippen molar-refractivity contribution in [2.45, 2.75) is 12.7 Å². The second-order valence-corrected chi connectivity index (χ2v) is 3.45. The van der Waals surface area contributed by atoms with Gasteiger partial charge in [-0.15, -0.1) is 0 Å². The van der Waals surface area contributed by atoms with Gasteiger partial charge in [-0.05, 0) is 17.7 Å². The highest BCUT2D eigenvalue weighted by Gasteiger charge is 2.27. The Labute approximate surface area is 103 Å². The maximum absolute atomic E-state index is 11.8. The van der Waals surface area contributed by atoms with Gasteiger partial charge in [-0.3, -0.25) is 4.84 Å². The SMILES string of the molecule is COc1cc(CNOCC(F)(F)F)cc(OC)c1. The smallest absolute Gasteiger partial charge is 0.413 e. The summed E-state index contributed by atoms with van der Waals surface area (Å²) in [5.74, 6) is 1.11. The zero-order valence-corrected chi connectivity index (χ0v) is 10.0. The number of rotatable bonds is 6. The minimum Gasteiger partial charge on any atom is -0.497 e.